The van der Waals surface area contributed by atoms with Gasteiger partial charge in [0.25, 0.3) is 5.91 Å². The summed E-state index contributed by atoms with van der Waals surface area (Å²) in [4.78, 5) is 28.6. The van der Waals surface area contributed by atoms with Gasteiger partial charge in [-0.25, -0.2) is 9.78 Å². The van der Waals surface area contributed by atoms with Gasteiger partial charge in [0.15, 0.2) is 6.10 Å². The monoisotopic (exact) mass is 340 g/mol. The Labute approximate surface area is 146 Å². The Morgan fingerprint density at radius 1 is 1.32 bits per heavy atom. The second-order valence-corrected chi connectivity index (χ2v) is 6.11. The first-order valence-corrected chi connectivity index (χ1v) is 8.21. The molecule has 3 rings (SSSR count). The summed E-state index contributed by atoms with van der Waals surface area (Å²) in [7, 11) is 0. The predicted octanol–water partition coefficient (Wildman–Crippen LogP) is 2.27. The van der Waals surface area contributed by atoms with Crippen LogP contribution in [-0.4, -0.2) is 29.1 Å². The van der Waals surface area contributed by atoms with E-state index in [0.717, 1.165) is 11.1 Å². The number of carbonyl (C=O) groups is 2. The van der Waals surface area contributed by atoms with Gasteiger partial charge in [0.05, 0.1) is 11.7 Å². The number of nitrogens with zero attached hydrogens (tertiary/aromatic N) is 1. The Morgan fingerprint density at radius 3 is 2.92 bits per heavy atom. The van der Waals surface area contributed by atoms with E-state index in [2.05, 4.69) is 10.3 Å². The number of fused-ring (bicyclic) bond motifs is 1. The van der Waals surface area contributed by atoms with Crippen LogP contribution in [0.25, 0.3) is 0 Å². The van der Waals surface area contributed by atoms with Gasteiger partial charge in [-0.3, -0.25) is 4.79 Å². The first-order valence-electron chi connectivity index (χ1n) is 8.21. The maximum absolute atomic E-state index is 12.4. The molecule has 0 spiro atoms. The third kappa shape index (κ3) is 3.96. The highest BCUT2D eigenvalue weighted by Crippen LogP contribution is 2.21. The van der Waals surface area contributed by atoms with Crippen LogP contribution in [-0.2, 0) is 22.5 Å². The average Bonchev–Trinajstić information content (AvgIpc) is 2.60. The number of hydrogen-bond donors (Lipinski definition) is 1. The van der Waals surface area contributed by atoms with Gasteiger partial charge in [0.2, 0.25) is 5.88 Å². The molecule has 1 atom stereocenters. The zero-order valence-corrected chi connectivity index (χ0v) is 14.2. The van der Waals surface area contributed by atoms with Gasteiger partial charge in [-0.1, -0.05) is 24.3 Å². The lowest BCUT2D eigenvalue weighted by Gasteiger charge is -2.24. The molecule has 130 valence electrons. The van der Waals surface area contributed by atoms with Crippen LogP contribution < -0.4 is 10.1 Å². The number of nitrogens with one attached hydrogen (secondary N) is 1. The smallest absolute Gasteiger partial charge is 0.339 e. The maximum Gasteiger partial charge on any atom is 0.339 e. The summed E-state index contributed by atoms with van der Waals surface area (Å²) in [5.74, 6) is -0.307. The lowest BCUT2D eigenvalue weighted by atomic mass is 9.98. The van der Waals surface area contributed by atoms with Gasteiger partial charge in [0.1, 0.15) is 0 Å². The molecule has 1 aliphatic heterocycles. The fourth-order valence-electron chi connectivity index (χ4n) is 2.66. The minimum absolute atomic E-state index is 0.0137. The molecule has 25 heavy (non-hydrogen) atoms. The molecule has 2 heterocycles. The summed E-state index contributed by atoms with van der Waals surface area (Å²) in [6, 6.07) is 10.8. The number of rotatable bonds is 5. The Bertz CT molecular complexity index is 788. The zero-order chi connectivity index (χ0) is 17.8. The molecule has 0 unspecified atom stereocenters. The Morgan fingerprint density at radius 2 is 2.12 bits per heavy atom. The topological polar surface area (TPSA) is 77.5 Å². The van der Waals surface area contributed by atoms with Crippen LogP contribution in [0.4, 0.5) is 0 Å². The van der Waals surface area contributed by atoms with E-state index in [4.69, 9.17) is 9.47 Å². The molecule has 1 amide bonds. The van der Waals surface area contributed by atoms with Crippen LogP contribution in [0.15, 0.2) is 42.6 Å². The van der Waals surface area contributed by atoms with Crippen molar-refractivity contribution in [3.63, 3.8) is 0 Å². The molecule has 6 heteroatoms. The first-order chi connectivity index (χ1) is 12.0. The standard InChI is InChI=1S/C19H20N2O4/c1-12(2)24-18-14(7-5-9-20-18)11-21-17(22)16-10-13-6-3-4-8-15(13)19(23)25-16/h3-9,12,16H,10-11H2,1-2H3,(H,21,22)/t16-/m0/s1. The number of carbonyl (C=O) groups excluding carboxylic acids is 2. The number of cyclic esters (lactones) is 1. The van der Waals surface area contributed by atoms with Crippen molar-refractivity contribution < 1.29 is 19.1 Å². The average molecular weight is 340 g/mol. The second-order valence-electron chi connectivity index (χ2n) is 6.11. The lowest BCUT2D eigenvalue weighted by molar-refractivity contribution is -0.130. The Kier molecular flexibility index (Phi) is 4.97. The van der Waals surface area contributed by atoms with Crippen LogP contribution >= 0.6 is 0 Å². The van der Waals surface area contributed by atoms with Gasteiger partial charge in [-0.2, -0.15) is 0 Å². The molecule has 1 N–H and O–H groups in total. The third-order valence-corrected chi connectivity index (χ3v) is 3.83. The molecule has 2 aromatic rings. The van der Waals surface area contributed by atoms with E-state index in [0.29, 0.717) is 17.9 Å². The van der Waals surface area contributed by atoms with Crippen molar-refractivity contribution in [2.24, 2.45) is 0 Å². The molecule has 0 bridgehead atoms. The first kappa shape index (κ1) is 17.0. The maximum atomic E-state index is 12.4. The zero-order valence-electron chi connectivity index (χ0n) is 14.2. The molecule has 1 aliphatic rings. The molecular formula is C19H20N2O4. The minimum atomic E-state index is -0.825. The van der Waals surface area contributed by atoms with Crippen molar-refractivity contribution >= 4 is 11.9 Å². The highest BCUT2D eigenvalue weighted by Gasteiger charge is 2.30. The van der Waals surface area contributed by atoms with E-state index in [1.54, 1.807) is 24.4 Å². The summed E-state index contributed by atoms with van der Waals surface area (Å²) in [6.45, 7) is 4.08. The molecule has 1 aromatic heterocycles. The number of hydrogen-bond acceptors (Lipinski definition) is 5. The molecule has 0 fully saturated rings. The van der Waals surface area contributed by atoms with Gasteiger partial charge in [-0.05, 0) is 31.5 Å². The van der Waals surface area contributed by atoms with E-state index in [-0.39, 0.29) is 18.6 Å². The van der Waals surface area contributed by atoms with E-state index < -0.39 is 12.1 Å². The number of benzene rings is 1. The summed E-state index contributed by atoms with van der Waals surface area (Å²) < 4.78 is 10.9. The van der Waals surface area contributed by atoms with Crippen LogP contribution in [0.1, 0.15) is 35.3 Å². The summed E-state index contributed by atoms with van der Waals surface area (Å²) in [5, 5.41) is 2.80. The van der Waals surface area contributed by atoms with Crippen LogP contribution in [0.2, 0.25) is 0 Å². The second kappa shape index (κ2) is 7.34. The number of esters is 1. The van der Waals surface area contributed by atoms with E-state index in [9.17, 15) is 9.59 Å². The minimum Gasteiger partial charge on any atom is -0.475 e. The van der Waals surface area contributed by atoms with Crippen LogP contribution in [0.5, 0.6) is 5.88 Å². The van der Waals surface area contributed by atoms with Gasteiger partial charge >= 0.3 is 5.97 Å². The summed E-state index contributed by atoms with van der Waals surface area (Å²) >= 11 is 0. The molecule has 1 aromatic carbocycles. The lowest BCUT2D eigenvalue weighted by Crippen LogP contribution is -2.41. The van der Waals surface area contributed by atoms with Crippen molar-refractivity contribution in [3.8, 4) is 5.88 Å². The number of pyridine rings is 1. The largest absolute Gasteiger partial charge is 0.475 e. The molecule has 0 radical (unpaired) electrons. The van der Waals surface area contributed by atoms with Gasteiger partial charge < -0.3 is 14.8 Å². The molecular weight excluding hydrogens is 320 g/mol. The normalized spacial score (nSPS) is 16.1. The number of aromatic nitrogens is 1. The predicted molar refractivity (Wildman–Crippen MR) is 91.2 cm³/mol. The fourth-order valence-corrected chi connectivity index (χ4v) is 2.66. The number of ether oxygens (including phenoxy) is 2. The summed E-state index contributed by atoms with van der Waals surface area (Å²) in [5.41, 5.74) is 2.11. The van der Waals surface area contributed by atoms with Crippen molar-refractivity contribution in [2.45, 2.75) is 39.0 Å². The Balaban J connectivity index is 1.65. The highest BCUT2D eigenvalue weighted by molar-refractivity contribution is 5.95. The van der Waals surface area contributed by atoms with Crippen molar-refractivity contribution in [3.05, 3.63) is 59.3 Å². The Hall–Kier alpha value is -2.89. The van der Waals surface area contributed by atoms with Crippen LogP contribution in [0, 0.1) is 0 Å². The van der Waals surface area contributed by atoms with Crippen LogP contribution in [0.3, 0.4) is 0 Å². The van der Waals surface area contributed by atoms with E-state index in [1.165, 1.54) is 0 Å². The van der Waals surface area contributed by atoms with E-state index >= 15 is 0 Å². The third-order valence-electron chi connectivity index (χ3n) is 3.83. The molecule has 6 nitrogen and oxygen atoms in total. The number of amides is 1. The fraction of sp³-hybridized carbons (Fsp3) is 0.316. The molecule has 0 saturated carbocycles. The van der Waals surface area contributed by atoms with E-state index in [1.807, 2.05) is 32.0 Å². The van der Waals surface area contributed by atoms with Crippen molar-refractivity contribution in [1.82, 2.24) is 10.3 Å². The molecule has 0 saturated heterocycles. The summed E-state index contributed by atoms with van der Waals surface area (Å²) in [6.07, 6.45) is 1.17. The van der Waals surface area contributed by atoms with Gasteiger partial charge in [0, 0.05) is 24.7 Å². The molecule has 0 aliphatic carbocycles. The van der Waals surface area contributed by atoms with Gasteiger partial charge in [-0.15, -0.1) is 0 Å². The highest BCUT2D eigenvalue weighted by atomic mass is 16.5. The SMILES string of the molecule is CC(C)Oc1ncccc1CNC(=O)[C@@H]1Cc2ccccc2C(=O)O1. The van der Waals surface area contributed by atoms with Crippen molar-refractivity contribution in [1.29, 1.82) is 0 Å². The van der Waals surface area contributed by atoms with Crippen molar-refractivity contribution in [2.75, 3.05) is 0 Å². The quantitative estimate of drug-likeness (QED) is 0.845.